The smallest absolute Gasteiger partial charge is 0.328 e. The summed E-state index contributed by atoms with van der Waals surface area (Å²) in [6, 6.07) is 20.4. The predicted molar refractivity (Wildman–Crippen MR) is 119 cm³/mol. The number of nitrogens with zero attached hydrogens (tertiary/aromatic N) is 1. The first-order valence-electron chi connectivity index (χ1n) is 9.37. The van der Waals surface area contributed by atoms with Crippen LogP contribution in [0.15, 0.2) is 66.7 Å². The van der Waals surface area contributed by atoms with Crippen LogP contribution in [0.1, 0.15) is 23.0 Å². The van der Waals surface area contributed by atoms with Crippen LogP contribution in [-0.4, -0.2) is 35.7 Å². The van der Waals surface area contributed by atoms with Crippen LogP contribution < -0.4 is 10.1 Å². The largest absolute Gasteiger partial charge is 0.484 e. The fourth-order valence-corrected chi connectivity index (χ4v) is 3.63. The molecule has 0 bridgehead atoms. The maximum absolute atomic E-state index is 9.55. The van der Waals surface area contributed by atoms with E-state index in [9.17, 15) is 9.59 Å². The molecule has 0 aliphatic heterocycles. The summed E-state index contributed by atoms with van der Waals surface area (Å²) in [5, 5.41) is 29.0. The first-order chi connectivity index (χ1) is 14.9. The van der Waals surface area contributed by atoms with Crippen molar-refractivity contribution in [3.05, 3.63) is 77.2 Å². The molecule has 0 aliphatic carbocycles. The summed E-state index contributed by atoms with van der Waals surface area (Å²) >= 11 is 1.48. The molecular formula is C23H22N2O5S. The van der Waals surface area contributed by atoms with Crippen LogP contribution in [0.2, 0.25) is 0 Å². The molecule has 1 heterocycles. The van der Waals surface area contributed by atoms with Crippen molar-refractivity contribution in [1.82, 2.24) is 5.32 Å². The zero-order valence-electron chi connectivity index (χ0n) is 16.8. The Morgan fingerprint density at radius 1 is 1.13 bits per heavy atom. The first kappa shape index (κ1) is 23.6. The zero-order chi connectivity index (χ0) is 22.6. The summed E-state index contributed by atoms with van der Waals surface area (Å²) in [4.78, 5) is 19.8. The standard InChI is InChI=1S/C19H18N2OS.C4H4O4/c1-21-11-10-17(14-6-3-2-4-7-14)22-18-9-5-8-15-12-16(13-20)23-19(15)18;5-3(6)1-2-4(7)8/h2-9,12,17,21H,10-11H2,1H3;1-2H,(H,5,6)(H,7,8)/b;2-1+/t17-;/m1./s1. The number of hydrogen-bond donors (Lipinski definition) is 3. The predicted octanol–water partition coefficient (Wildman–Crippen LogP) is 4.21. The topological polar surface area (TPSA) is 120 Å². The summed E-state index contributed by atoms with van der Waals surface area (Å²) in [6.07, 6.45) is 1.99. The lowest BCUT2D eigenvalue weighted by atomic mass is 10.1. The lowest BCUT2D eigenvalue weighted by molar-refractivity contribution is -0.134. The molecule has 160 valence electrons. The SMILES string of the molecule is CNCC[C@@H](Oc1cccc2cc(C#N)sc12)c1ccccc1.O=C(O)/C=C/C(=O)O. The number of carboxylic acid groups (broad SMARTS) is 2. The molecular weight excluding hydrogens is 416 g/mol. The summed E-state index contributed by atoms with van der Waals surface area (Å²) in [6.45, 7) is 0.878. The van der Waals surface area contributed by atoms with E-state index < -0.39 is 11.9 Å². The minimum atomic E-state index is -1.26. The number of ether oxygens (including phenoxy) is 1. The molecule has 31 heavy (non-hydrogen) atoms. The molecule has 0 unspecified atom stereocenters. The van der Waals surface area contributed by atoms with Gasteiger partial charge in [0.2, 0.25) is 0 Å². The number of nitriles is 1. The average molecular weight is 439 g/mol. The van der Waals surface area contributed by atoms with E-state index in [4.69, 9.17) is 20.2 Å². The van der Waals surface area contributed by atoms with Crippen LogP contribution in [0.5, 0.6) is 5.75 Å². The normalized spacial score (nSPS) is 11.4. The van der Waals surface area contributed by atoms with Crippen LogP contribution in [0.4, 0.5) is 0 Å². The zero-order valence-corrected chi connectivity index (χ0v) is 17.6. The van der Waals surface area contributed by atoms with Gasteiger partial charge in [-0.3, -0.25) is 0 Å². The highest BCUT2D eigenvalue weighted by atomic mass is 32.1. The minimum absolute atomic E-state index is 0.0121. The molecule has 0 saturated heterocycles. The summed E-state index contributed by atoms with van der Waals surface area (Å²) < 4.78 is 7.37. The van der Waals surface area contributed by atoms with Gasteiger partial charge in [-0.25, -0.2) is 9.59 Å². The van der Waals surface area contributed by atoms with Crippen molar-refractivity contribution < 1.29 is 24.5 Å². The molecule has 8 heteroatoms. The Kier molecular flexibility index (Phi) is 9.23. The van der Waals surface area contributed by atoms with Crippen molar-refractivity contribution >= 4 is 33.4 Å². The first-order valence-corrected chi connectivity index (χ1v) is 10.2. The average Bonchev–Trinajstić information content (AvgIpc) is 3.20. The highest BCUT2D eigenvalue weighted by Gasteiger charge is 2.15. The van der Waals surface area contributed by atoms with E-state index in [1.54, 1.807) is 0 Å². The van der Waals surface area contributed by atoms with E-state index >= 15 is 0 Å². The maximum Gasteiger partial charge on any atom is 0.328 e. The third-order valence-corrected chi connectivity index (χ3v) is 5.15. The molecule has 3 N–H and O–H groups in total. The van der Waals surface area contributed by atoms with Gasteiger partial charge in [0.05, 0.1) is 4.70 Å². The number of carbonyl (C=O) groups is 2. The second-order valence-electron chi connectivity index (χ2n) is 6.32. The van der Waals surface area contributed by atoms with Crippen molar-refractivity contribution in [2.75, 3.05) is 13.6 Å². The second kappa shape index (κ2) is 12.1. The number of aliphatic carboxylic acids is 2. The van der Waals surface area contributed by atoms with E-state index in [-0.39, 0.29) is 6.10 Å². The van der Waals surface area contributed by atoms with Crippen molar-refractivity contribution in [2.45, 2.75) is 12.5 Å². The number of thiophene rings is 1. The monoisotopic (exact) mass is 438 g/mol. The van der Waals surface area contributed by atoms with Gasteiger partial charge in [-0.1, -0.05) is 42.5 Å². The molecule has 0 saturated carbocycles. The van der Waals surface area contributed by atoms with E-state index in [1.807, 2.05) is 49.5 Å². The fraction of sp³-hybridized carbons (Fsp3) is 0.174. The molecule has 2 aromatic carbocycles. The van der Waals surface area contributed by atoms with Crippen LogP contribution in [0.3, 0.4) is 0 Å². The number of nitrogens with one attached hydrogen (secondary N) is 1. The third-order valence-electron chi connectivity index (χ3n) is 4.08. The number of carboxylic acids is 2. The number of benzene rings is 2. The maximum atomic E-state index is 9.55. The van der Waals surface area contributed by atoms with E-state index in [0.29, 0.717) is 17.0 Å². The molecule has 7 nitrogen and oxygen atoms in total. The van der Waals surface area contributed by atoms with Crippen LogP contribution >= 0.6 is 11.3 Å². The van der Waals surface area contributed by atoms with E-state index in [0.717, 1.165) is 34.4 Å². The molecule has 0 spiro atoms. The third kappa shape index (κ3) is 7.59. The summed E-state index contributed by atoms with van der Waals surface area (Å²) in [5.74, 6) is -1.67. The molecule has 0 radical (unpaired) electrons. The number of fused-ring (bicyclic) bond motifs is 1. The van der Waals surface area contributed by atoms with Crippen LogP contribution in [-0.2, 0) is 9.59 Å². The van der Waals surface area contributed by atoms with Gasteiger partial charge in [-0.15, -0.1) is 11.3 Å². The second-order valence-corrected chi connectivity index (χ2v) is 7.37. The van der Waals surface area contributed by atoms with Crippen molar-refractivity contribution in [1.29, 1.82) is 5.26 Å². The molecule has 3 rings (SSSR count). The van der Waals surface area contributed by atoms with E-state index in [1.165, 1.54) is 11.3 Å². The van der Waals surface area contributed by atoms with Crippen molar-refractivity contribution in [2.24, 2.45) is 0 Å². The Labute approximate surface area is 183 Å². The fourth-order valence-electron chi connectivity index (χ4n) is 2.72. The molecule has 0 amide bonds. The van der Waals surface area contributed by atoms with Gasteiger partial charge in [-0.2, -0.15) is 5.26 Å². The van der Waals surface area contributed by atoms with Gasteiger partial charge in [0.1, 0.15) is 22.8 Å². The van der Waals surface area contributed by atoms with Crippen LogP contribution in [0.25, 0.3) is 10.1 Å². The molecule has 0 fully saturated rings. The summed E-state index contributed by atoms with van der Waals surface area (Å²) in [7, 11) is 1.95. The lowest BCUT2D eigenvalue weighted by Gasteiger charge is -2.20. The highest BCUT2D eigenvalue weighted by Crippen LogP contribution is 2.36. The lowest BCUT2D eigenvalue weighted by Crippen LogP contribution is -2.16. The van der Waals surface area contributed by atoms with E-state index in [2.05, 4.69) is 23.5 Å². The number of hydrogen-bond acceptors (Lipinski definition) is 6. The quantitative estimate of drug-likeness (QED) is 0.451. The van der Waals surface area contributed by atoms with Gasteiger partial charge in [0, 0.05) is 18.6 Å². The van der Waals surface area contributed by atoms with Crippen molar-refractivity contribution in [3.8, 4) is 11.8 Å². The molecule has 3 aromatic rings. The molecule has 1 atom stereocenters. The Bertz CT molecular complexity index is 1070. The molecule has 1 aromatic heterocycles. The molecule has 0 aliphatic rings. The van der Waals surface area contributed by atoms with Gasteiger partial charge in [0.25, 0.3) is 0 Å². The number of rotatable bonds is 8. The Hall–Kier alpha value is -3.67. The summed E-state index contributed by atoms with van der Waals surface area (Å²) in [5.41, 5.74) is 1.16. The highest BCUT2D eigenvalue weighted by molar-refractivity contribution is 7.19. The van der Waals surface area contributed by atoms with Crippen molar-refractivity contribution in [3.63, 3.8) is 0 Å². The Morgan fingerprint density at radius 3 is 2.39 bits per heavy atom. The Morgan fingerprint density at radius 2 is 1.81 bits per heavy atom. The Balaban J connectivity index is 0.000000366. The van der Waals surface area contributed by atoms with Gasteiger partial charge in [0.15, 0.2) is 0 Å². The van der Waals surface area contributed by atoms with Gasteiger partial charge < -0.3 is 20.3 Å². The van der Waals surface area contributed by atoms with Crippen LogP contribution in [0, 0.1) is 11.3 Å². The minimum Gasteiger partial charge on any atom is -0.484 e. The van der Waals surface area contributed by atoms with Gasteiger partial charge >= 0.3 is 11.9 Å². The van der Waals surface area contributed by atoms with Gasteiger partial charge in [-0.05, 0) is 36.7 Å².